The standard InChI is InChI=1S/C34H40N2O12/c1-36-31(39)28-27(29(32(40)41)30(28)33(42)43)23(37)16-20-14-21(18-22(35)15-20)34(44)48-13-7-5-4-6-12-47-24-10-8-19(17-25(24)45-2)9-11-26(38)46-3/h8-11,14-15,17-18,27-30H,4-7,12-13,16,35H2,1-3H3,(H,36,39)(H,40,41)(H,42,43)/b11-9+. The van der Waals surface area contributed by atoms with Crippen LogP contribution in [0.25, 0.3) is 6.08 Å². The van der Waals surface area contributed by atoms with Gasteiger partial charge in [-0.2, -0.15) is 0 Å². The maximum absolute atomic E-state index is 13.2. The van der Waals surface area contributed by atoms with Gasteiger partial charge in [0.25, 0.3) is 0 Å². The number of esters is 2. The predicted octanol–water partition coefficient (Wildman–Crippen LogP) is 2.77. The van der Waals surface area contributed by atoms with Gasteiger partial charge in [0.05, 0.1) is 50.8 Å². The molecule has 2 aromatic rings. The first kappa shape index (κ1) is 37.1. The van der Waals surface area contributed by atoms with E-state index in [-0.39, 0.29) is 24.3 Å². The molecule has 48 heavy (non-hydrogen) atoms. The molecule has 0 radical (unpaired) electrons. The molecule has 0 bridgehead atoms. The molecule has 0 aromatic heterocycles. The summed E-state index contributed by atoms with van der Waals surface area (Å²) in [6, 6.07) is 9.52. The molecule has 14 heteroatoms. The van der Waals surface area contributed by atoms with Crippen LogP contribution in [0.4, 0.5) is 5.69 Å². The highest BCUT2D eigenvalue weighted by Gasteiger charge is 2.63. The Morgan fingerprint density at radius 3 is 2.12 bits per heavy atom. The highest BCUT2D eigenvalue weighted by Crippen LogP contribution is 2.48. The molecular weight excluding hydrogens is 628 g/mol. The minimum absolute atomic E-state index is 0.0987. The van der Waals surface area contributed by atoms with Crippen molar-refractivity contribution in [3.63, 3.8) is 0 Å². The Kier molecular flexibility index (Phi) is 13.5. The van der Waals surface area contributed by atoms with E-state index in [0.29, 0.717) is 30.1 Å². The predicted molar refractivity (Wildman–Crippen MR) is 171 cm³/mol. The number of carboxylic acid groups (broad SMARTS) is 2. The van der Waals surface area contributed by atoms with Crippen LogP contribution in [0.5, 0.6) is 11.5 Å². The number of aliphatic carboxylic acids is 2. The summed E-state index contributed by atoms with van der Waals surface area (Å²) < 4.78 is 21.2. The fourth-order valence-electron chi connectivity index (χ4n) is 5.64. The normalized spacial score (nSPS) is 18.3. The molecular formula is C34H40N2O12. The number of nitrogen functional groups attached to an aromatic ring is 1. The Labute approximate surface area is 277 Å². The van der Waals surface area contributed by atoms with Crippen molar-refractivity contribution in [3.8, 4) is 11.5 Å². The van der Waals surface area contributed by atoms with Crippen molar-refractivity contribution >= 4 is 47.3 Å². The van der Waals surface area contributed by atoms with E-state index in [9.17, 15) is 39.0 Å². The van der Waals surface area contributed by atoms with Crippen LogP contribution in [0.1, 0.15) is 47.2 Å². The summed E-state index contributed by atoms with van der Waals surface area (Å²) in [7, 11) is 4.10. The first-order valence-electron chi connectivity index (χ1n) is 15.2. The van der Waals surface area contributed by atoms with Gasteiger partial charge in [0.1, 0.15) is 5.78 Å². The highest BCUT2D eigenvalue weighted by molar-refractivity contribution is 6.01. The van der Waals surface area contributed by atoms with Crippen LogP contribution in [0.2, 0.25) is 0 Å². The third kappa shape index (κ3) is 9.56. The Morgan fingerprint density at radius 2 is 1.50 bits per heavy atom. The Morgan fingerprint density at radius 1 is 0.833 bits per heavy atom. The first-order valence-corrected chi connectivity index (χ1v) is 15.2. The fourth-order valence-corrected chi connectivity index (χ4v) is 5.64. The molecule has 2 aromatic carbocycles. The number of methoxy groups -OCH3 is 2. The van der Waals surface area contributed by atoms with Gasteiger partial charge in [-0.25, -0.2) is 9.59 Å². The number of ether oxygens (including phenoxy) is 4. The van der Waals surface area contributed by atoms with Crippen LogP contribution < -0.4 is 20.5 Å². The second-order valence-electron chi connectivity index (χ2n) is 11.2. The zero-order valence-electron chi connectivity index (χ0n) is 26.9. The molecule has 258 valence electrons. The minimum atomic E-state index is -1.56. The van der Waals surface area contributed by atoms with Crippen molar-refractivity contribution in [3.05, 3.63) is 59.2 Å². The largest absolute Gasteiger partial charge is 0.493 e. The SMILES string of the molecule is CNC(=O)C1C(C(=O)O)C(C(=O)O)C1C(=O)Cc1cc(N)cc(C(=O)OCCCCCCOc2ccc(/C=C/C(=O)OC)cc2OC)c1. The van der Waals surface area contributed by atoms with Gasteiger partial charge in [-0.05, 0) is 73.2 Å². The Balaban J connectivity index is 1.46. The van der Waals surface area contributed by atoms with Gasteiger partial charge in [-0.1, -0.05) is 6.07 Å². The van der Waals surface area contributed by atoms with E-state index in [1.165, 1.54) is 45.5 Å². The third-order valence-electron chi connectivity index (χ3n) is 8.00. The number of carboxylic acids is 2. The number of nitrogens with two attached hydrogens (primary N) is 1. The summed E-state index contributed by atoms with van der Waals surface area (Å²) in [6.07, 6.45) is 5.46. The van der Waals surface area contributed by atoms with Crippen LogP contribution >= 0.6 is 0 Å². The lowest BCUT2D eigenvalue weighted by Crippen LogP contribution is -2.61. The summed E-state index contributed by atoms with van der Waals surface area (Å²) in [5.74, 6) is -10.2. The van der Waals surface area contributed by atoms with E-state index in [2.05, 4.69) is 10.1 Å². The van der Waals surface area contributed by atoms with Gasteiger partial charge >= 0.3 is 23.9 Å². The molecule has 3 rings (SSSR count). The molecule has 0 saturated heterocycles. The van der Waals surface area contributed by atoms with Gasteiger partial charge in [-0.15, -0.1) is 0 Å². The number of carbonyl (C=O) groups excluding carboxylic acids is 4. The van der Waals surface area contributed by atoms with Gasteiger partial charge in [0, 0.05) is 31.1 Å². The van der Waals surface area contributed by atoms with E-state index in [4.69, 9.17) is 19.9 Å². The number of nitrogens with one attached hydrogen (secondary N) is 1. The zero-order chi connectivity index (χ0) is 35.4. The van der Waals surface area contributed by atoms with Crippen molar-refractivity contribution < 1.29 is 57.9 Å². The maximum atomic E-state index is 13.2. The van der Waals surface area contributed by atoms with Crippen LogP contribution in [-0.2, 0) is 39.9 Å². The molecule has 1 amide bonds. The number of benzene rings is 2. The van der Waals surface area contributed by atoms with E-state index in [1.807, 2.05) is 0 Å². The van der Waals surface area contributed by atoms with Crippen molar-refractivity contribution in [1.82, 2.24) is 5.32 Å². The average molecular weight is 669 g/mol. The average Bonchev–Trinajstić information content (AvgIpc) is 3.03. The molecule has 1 aliphatic rings. The molecule has 0 aliphatic heterocycles. The number of hydrogen-bond donors (Lipinski definition) is 4. The van der Waals surface area contributed by atoms with Crippen molar-refractivity contribution in [2.24, 2.45) is 23.7 Å². The van der Waals surface area contributed by atoms with Crippen LogP contribution in [-0.4, -0.2) is 80.3 Å². The molecule has 14 nitrogen and oxygen atoms in total. The Bertz CT molecular complexity index is 1550. The van der Waals surface area contributed by atoms with E-state index < -0.39 is 59.2 Å². The quantitative estimate of drug-likeness (QED) is 0.0778. The lowest BCUT2D eigenvalue weighted by atomic mass is 9.54. The van der Waals surface area contributed by atoms with E-state index in [1.54, 1.807) is 24.3 Å². The molecule has 1 aliphatic carbocycles. The Hall–Kier alpha value is -5.40. The molecule has 4 unspecified atom stereocenters. The summed E-state index contributed by atoms with van der Waals surface area (Å²) >= 11 is 0. The summed E-state index contributed by atoms with van der Waals surface area (Å²) in [5.41, 5.74) is 7.27. The molecule has 0 spiro atoms. The zero-order valence-corrected chi connectivity index (χ0v) is 26.9. The van der Waals surface area contributed by atoms with Gasteiger partial charge in [-0.3, -0.25) is 19.2 Å². The van der Waals surface area contributed by atoms with Crippen LogP contribution in [0.3, 0.4) is 0 Å². The maximum Gasteiger partial charge on any atom is 0.338 e. The second-order valence-corrected chi connectivity index (χ2v) is 11.2. The summed E-state index contributed by atoms with van der Waals surface area (Å²) in [5, 5.41) is 21.4. The van der Waals surface area contributed by atoms with E-state index in [0.717, 1.165) is 24.8 Å². The summed E-state index contributed by atoms with van der Waals surface area (Å²) in [6.45, 7) is 0.580. The van der Waals surface area contributed by atoms with Crippen LogP contribution in [0.15, 0.2) is 42.5 Å². The monoisotopic (exact) mass is 668 g/mol. The number of carbonyl (C=O) groups is 6. The van der Waals surface area contributed by atoms with E-state index >= 15 is 0 Å². The fraction of sp³-hybridized carbons (Fsp3) is 0.412. The number of Topliss-reactive ketones (excluding diaryl/α,β-unsaturated/α-hetero) is 1. The van der Waals surface area contributed by atoms with Crippen molar-refractivity contribution in [2.45, 2.75) is 32.1 Å². The van der Waals surface area contributed by atoms with Gasteiger partial charge < -0.3 is 40.2 Å². The lowest BCUT2D eigenvalue weighted by Gasteiger charge is -2.45. The minimum Gasteiger partial charge on any atom is -0.493 e. The van der Waals surface area contributed by atoms with Crippen LogP contribution in [0, 0.1) is 23.7 Å². The molecule has 1 fully saturated rings. The number of rotatable bonds is 18. The lowest BCUT2D eigenvalue weighted by molar-refractivity contribution is -0.180. The van der Waals surface area contributed by atoms with Gasteiger partial charge in [0.2, 0.25) is 5.91 Å². The van der Waals surface area contributed by atoms with Gasteiger partial charge in [0.15, 0.2) is 11.5 Å². The third-order valence-corrected chi connectivity index (χ3v) is 8.00. The number of anilines is 1. The van der Waals surface area contributed by atoms with Crippen molar-refractivity contribution in [1.29, 1.82) is 0 Å². The molecule has 4 atom stereocenters. The second kappa shape index (κ2) is 17.5. The van der Waals surface area contributed by atoms with Crippen molar-refractivity contribution in [2.75, 3.05) is 40.2 Å². The number of amides is 1. The first-order chi connectivity index (χ1) is 22.9. The number of hydrogen-bond acceptors (Lipinski definition) is 11. The molecule has 0 heterocycles. The smallest absolute Gasteiger partial charge is 0.338 e. The highest BCUT2D eigenvalue weighted by atomic mass is 16.5. The molecule has 5 N–H and O–H groups in total. The number of ketones is 1. The number of unbranched alkanes of at least 4 members (excludes halogenated alkanes) is 3. The molecule has 1 saturated carbocycles. The topological polar surface area (TPSA) is 218 Å². The summed E-state index contributed by atoms with van der Waals surface area (Å²) in [4.78, 5) is 73.0.